The van der Waals surface area contributed by atoms with Crippen molar-refractivity contribution in [1.82, 2.24) is 4.90 Å². The highest BCUT2D eigenvalue weighted by atomic mass is 16.5. The maximum Gasteiger partial charge on any atom is 0.140 e. The lowest BCUT2D eigenvalue weighted by Crippen LogP contribution is -2.38. The van der Waals surface area contributed by atoms with Crippen LogP contribution < -0.4 is 10.5 Å². The summed E-state index contributed by atoms with van der Waals surface area (Å²) in [7, 11) is 1.68. The summed E-state index contributed by atoms with van der Waals surface area (Å²) >= 11 is 0. The van der Waals surface area contributed by atoms with Crippen LogP contribution in [-0.2, 0) is 11.2 Å². The first kappa shape index (κ1) is 15.6. The van der Waals surface area contributed by atoms with Gasteiger partial charge in [0.25, 0.3) is 0 Å². The third-order valence-electron chi connectivity index (χ3n) is 3.60. The molecule has 6 heteroatoms. The fraction of sp³-hybridized carbons (Fsp3) is 0.533. The van der Waals surface area contributed by atoms with Gasteiger partial charge in [-0.15, -0.1) is 0 Å². The minimum absolute atomic E-state index is 0.145. The molecule has 1 atom stereocenters. The third-order valence-corrected chi connectivity index (χ3v) is 3.60. The van der Waals surface area contributed by atoms with Gasteiger partial charge in [0.2, 0.25) is 0 Å². The predicted octanol–water partition coefficient (Wildman–Crippen LogP) is 1.08. The predicted molar refractivity (Wildman–Crippen MR) is 80.9 cm³/mol. The van der Waals surface area contributed by atoms with Gasteiger partial charge >= 0.3 is 0 Å². The highest BCUT2D eigenvalue weighted by Crippen LogP contribution is 2.28. The molecule has 2 rings (SSSR count). The van der Waals surface area contributed by atoms with Crippen LogP contribution in [0.3, 0.4) is 0 Å². The Kier molecular flexibility index (Phi) is 5.83. The number of benzene rings is 1. The quantitative estimate of drug-likeness (QED) is 0.324. The molecule has 0 radical (unpaired) electrons. The fourth-order valence-corrected chi connectivity index (χ4v) is 2.48. The SMILES string of the molecule is COCCN(CCC(N)=NO)CC1Cc2ccccc2O1. The van der Waals surface area contributed by atoms with Crippen molar-refractivity contribution in [1.29, 1.82) is 0 Å². The van der Waals surface area contributed by atoms with E-state index in [4.69, 9.17) is 20.4 Å². The van der Waals surface area contributed by atoms with Gasteiger partial charge in [0.15, 0.2) is 0 Å². The minimum Gasteiger partial charge on any atom is -0.488 e. The van der Waals surface area contributed by atoms with E-state index in [-0.39, 0.29) is 11.9 Å². The van der Waals surface area contributed by atoms with Crippen LogP contribution in [0.15, 0.2) is 29.4 Å². The van der Waals surface area contributed by atoms with Gasteiger partial charge in [-0.2, -0.15) is 0 Å². The van der Waals surface area contributed by atoms with Gasteiger partial charge in [0.1, 0.15) is 17.7 Å². The number of nitrogens with two attached hydrogens (primary N) is 1. The Balaban J connectivity index is 1.87. The zero-order valence-electron chi connectivity index (χ0n) is 12.4. The summed E-state index contributed by atoms with van der Waals surface area (Å²) in [6, 6.07) is 8.13. The highest BCUT2D eigenvalue weighted by Gasteiger charge is 2.24. The molecule has 116 valence electrons. The van der Waals surface area contributed by atoms with Crippen molar-refractivity contribution >= 4 is 5.84 Å². The molecule has 1 aliphatic heterocycles. The number of methoxy groups -OCH3 is 1. The Hall–Kier alpha value is -1.79. The molecule has 1 aliphatic rings. The molecule has 1 unspecified atom stereocenters. The molecular formula is C15H23N3O3. The van der Waals surface area contributed by atoms with Crippen molar-refractivity contribution < 1.29 is 14.7 Å². The van der Waals surface area contributed by atoms with E-state index in [2.05, 4.69) is 16.1 Å². The second-order valence-corrected chi connectivity index (χ2v) is 5.19. The van der Waals surface area contributed by atoms with Crippen LogP contribution in [0.5, 0.6) is 5.75 Å². The van der Waals surface area contributed by atoms with Gasteiger partial charge in [-0.1, -0.05) is 23.4 Å². The van der Waals surface area contributed by atoms with Crippen molar-refractivity contribution in [3.63, 3.8) is 0 Å². The maximum absolute atomic E-state index is 8.62. The number of rotatable bonds is 8. The van der Waals surface area contributed by atoms with Crippen LogP contribution in [-0.4, -0.2) is 55.4 Å². The van der Waals surface area contributed by atoms with Crippen LogP contribution in [0.1, 0.15) is 12.0 Å². The van der Waals surface area contributed by atoms with Gasteiger partial charge in [-0.05, 0) is 11.6 Å². The van der Waals surface area contributed by atoms with E-state index in [1.807, 2.05) is 18.2 Å². The van der Waals surface area contributed by atoms with Gasteiger partial charge in [-0.25, -0.2) is 0 Å². The zero-order valence-corrected chi connectivity index (χ0v) is 12.4. The third kappa shape index (κ3) is 4.61. The van der Waals surface area contributed by atoms with E-state index in [0.717, 1.165) is 31.8 Å². The molecule has 0 aromatic heterocycles. The number of fused-ring (bicyclic) bond motifs is 1. The van der Waals surface area contributed by atoms with Crippen molar-refractivity contribution in [2.45, 2.75) is 18.9 Å². The smallest absolute Gasteiger partial charge is 0.140 e. The molecule has 0 amide bonds. The van der Waals surface area contributed by atoms with Crippen molar-refractivity contribution in [2.75, 3.05) is 33.4 Å². The molecule has 3 N–H and O–H groups in total. The first-order chi connectivity index (χ1) is 10.2. The molecule has 1 heterocycles. The van der Waals surface area contributed by atoms with Gasteiger partial charge in [-0.3, -0.25) is 4.90 Å². The second-order valence-electron chi connectivity index (χ2n) is 5.19. The van der Waals surface area contributed by atoms with Crippen LogP contribution in [0.2, 0.25) is 0 Å². The molecule has 1 aromatic rings. The maximum atomic E-state index is 8.62. The number of nitrogens with zero attached hydrogens (tertiary/aromatic N) is 2. The number of hydrogen-bond acceptors (Lipinski definition) is 5. The zero-order chi connectivity index (χ0) is 15.1. The van der Waals surface area contributed by atoms with Crippen molar-refractivity contribution in [2.24, 2.45) is 10.9 Å². The number of amidine groups is 1. The summed E-state index contributed by atoms with van der Waals surface area (Å²) in [6.45, 7) is 2.97. The largest absolute Gasteiger partial charge is 0.488 e. The lowest BCUT2D eigenvalue weighted by molar-refractivity contribution is 0.112. The van der Waals surface area contributed by atoms with Crippen LogP contribution in [0, 0.1) is 0 Å². The van der Waals surface area contributed by atoms with Gasteiger partial charge in [0, 0.05) is 39.6 Å². The summed E-state index contributed by atoms with van der Waals surface area (Å²) in [5, 5.41) is 11.6. The van der Waals surface area contributed by atoms with Gasteiger partial charge < -0.3 is 20.4 Å². The number of oxime groups is 1. The van der Waals surface area contributed by atoms with E-state index in [9.17, 15) is 0 Å². The topological polar surface area (TPSA) is 80.3 Å². The van der Waals surface area contributed by atoms with E-state index in [1.165, 1.54) is 5.56 Å². The molecule has 6 nitrogen and oxygen atoms in total. The summed E-state index contributed by atoms with van der Waals surface area (Å²) in [5.74, 6) is 1.22. The summed E-state index contributed by atoms with van der Waals surface area (Å²) in [5.41, 5.74) is 6.79. The lowest BCUT2D eigenvalue weighted by atomic mass is 10.1. The number of ether oxygens (including phenoxy) is 2. The molecule has 1 aromatic carbocycles. The first-order valence-electron chi connectivity index (χ1n) is 7.15. The standard InChI is InChI=1S/C15H23N3O3/c1-20-9-8-18(7-6-15(16)17-19)11-13-10-12-4-2-3-5-14(12)21-13/h2-5,13,19H,6-11H2,1H3,(H2,16,17). The average molecular weight is 293 g/mol. The van der Waals surface area contributed by atoms with E-state index in [1.54, 1.807) is 7.11 Å². The Labute approximate surface area is 125 Å². The van der Waals surface area contributed by atoms with E-state index >= 15 is 0 Å². The Bertz CT molecular complexity index is 454. The monoisotopic (exact) mass is 293 g/mol. The van der Waals surface area contributed by atoms with Crippen LogP contribution >= 0.6 is 0 Å². The minimum atomic E-state index is 0.145. The van der Waals surface area contributed by atoms with E-state index in [0.29, 0.717) is 13.0 Å². The van der Waals surface area contributed by atoms with E-state index < -0.39 is 0 Å². The Morgan fingerprint density at radius 2 is 2.29 bits per heavy atom. The number of para-hydroxylation sites is 1. The molecule has 0 saturated carbocycles. The Morgan fingerprint density at radius 3 is 3.00 bits per heavy atom. The van der Waals surface area contributed by atoms with Crippen LogP contribution in [0.4, 0.5) is 0 Å². The normalized spacial score (nSPS) is 17.8. The molecule has 0 aliphatic carbocycles. The fourth-order valence-electron chi connectivity index (χ4n) is 2.48. The van der Waals surface area contributed by atoms with Gasteiger partial charge in [0.05, 0.1) is 6.61 Å². The van der Waals surface area contributed by atoms with Crippen molar-refractivity contribution in [3.05, 3.63) is 29.8 Å². The average Bonchev–Trinajstić information content (AvgIpc) is 2.91. The lowest BCUT2D eigenvalue weighted by Gasteiger charge is -2.24. The molecular weight excluding hydrogens is 270 g/mol. The first-order valence-corrected chi connectivity index (χ1v) is 7.15. The molecule has 0 saturated heterocycles. The number of hydrogen-bond donors (Lipinski definition) is 2. The molecule has 0 fully saturated rings. The van der Waals surface area contributed by atoms with Crippen LogP contribution in [0.25, 0.3) is 0 Å². The second kappa shape index (κ2) is 7.85. The molecule has 0 spiro atoms. The van der Waals surface area contributed by atoms with Crippen molar-refractivity contribution in [3.8, 4) is 5.75 Å². The Morgan fingerprint density at radius 1 is 1.48 bits per heavy atom. The molecule has 0 bridgehead atoms. The summed E-state index contributed by atoms with van der Waals surface area (Å²) < 4.78 is 11.1. The summed E-state index contributed by atoms with van der Waals surface area (Å²) in [4.78, 5) is 2.22. The highest BCUT2D eigenvalue weighted by molar-refractivity contribution is 5.79. The summed E-state index contributed by atoms with van der Waals surface area (Å²) in [6.07, 6.45) is 1.59. The molecule has 21 heavy (non-hydrogen) atoms.